The van der Waals surface area contributed by atoms with Crippen LogP contribution in [0.2, 0.25) is 5.15 Å². The van der Waals surface area contributed by atoms with Crippen LogP contribution in [0, 0.1) is 6.92 Å². The predicted molar refractivity (Wildman–Crippen MR) is 58.3 cm³/mol. The maximum absolute atomic E-state index is 5.85. The molecule has 0 aliphatic heterocycles. The number of aromatic nitrogens is 2. The van der Waals surface area contributed by atoms with E-state index in [9.17, 15) is 0 Å². The maximum atomic E-state index is 5.85. The SMILES string of the molecule is Cc1c(Cl)ncnc1Oc1ccccc1. The third kappa shape index (κ3) is 2.25. The summed E-state index contributed by atoms with van der Waals surface area (Å²) in [6.45, 7) is 1.82. The minimum absolute atomic E-state index is 0.413. The molecule has 0 saturated carbocycles. The number of halogens is 1. The van der Waals surface area contributed by atoms with Crippen LogP contribution in [0.4, 0.5) is 0 Å². The standard InChI is InChI=1S/C11H9ClN2O/c1-8-10(12)13-7-14-11(8)15-9-5-3-2-4-6-9/h2-7H,1H3. The van der Waals surface area contributed by atoms with Crippen molar-refractivity contribution in [3.63, 3.8) is 0 Å². The largest absolute Gasteiger partial charge is 0.439 e. The molecule has 76 valence electrons. The van der Waals surface area contributed by atoms with Crippen LogP contribution in [0.3, 0.4) is 0 Å². The second-order valence-corrected chi connectivity index (χ2v) is 3.37. The van der Waals surface area contributed by atoms with E-state index in [1.54, 1.807) is 0 Å². The molecule has 0 aliphatic carbocycles. The molecule has 1 aromatic carbocycles. The third-order valence-corrected chi connectivity index (χ3v) is 2.32. The molecule has 0 atom stereocenters. The number of rotatable bonds is 2. The summed E-state index contributed by atoms with van der Waals surface area (Å²) >= 11 is 5.85. The molecule has 15 heavy (non-hydrogen) atoms. The first-order valence-corrected chi connectivity index (χ1v) is 4.85. The first kappa shape index (κ1) is 9.93. The van der Waals surface area contributed by atoms with Crippen molar-refractivity contribution in [1.29, 1.82) is 0 Å². The van der Waals surface area contributed by atoms with Gasteiger partial charge in [0.25, 0.3) is 0 Å². The van der Waals surface area contributed by atoms with Gasteiger partial charge < -0.3 is 4.74 Å². The molecule has 3 nitrogen and oxygen atoms in total. The molecular formula is C11H9ClN2O. The number of para-hydroxylation sites is 1. The van der Waals surface area contributed by atoms with E-state index in [1.165, 1.54) is 6.33 Å². The topological polar surface area (TPSA) is 35.0 Å². The smallest absolute Gasteiger partial charge is 0.226 e. The van der Waals surface area contributed by atoms with Crippen molar-refractivity contribution < 1.29 is 4.74 Å². The number of nitrogens with zero attached hydrogens (tertiary/aromatic N) is 2. The molecule has 0 unspecified atom stereocenters. The van der Waals surface area contributed by atoms with Crippen LogP contribution < -0.4 is 4.74 Å². The van der Waals surface area contributed by atoms with Crippen molar-refractivity contribution in [2.75, 3.05) is 0 Å². The van der Waals surface area contributed by atoms with Gasteiger partial charge in [-0.3, -0.25) is 0 Å². The van der Waals surface area contributed by atoms with Gasteiger partial charge in [0.05, 0.1) is 0 Å². The van der Waals surface area contributed by atoms with Gasteiger partial charge in [0.15, 0.2) is 0 Å². The van der Waals surface area contributed by atoms with Crippen molar-refractivity contribution in [2.24, 2.45) is 0 Å². The lowest BCUT2D eigenvalue weighted by molar-refractivity contribution is 0.457. The van der Waals surface area contributed by atoms with Gasteiger partial charge in [-0.15, -0.1) is 0 Å². The third-order valence-electron chi connectivity index (χ3n) is 1.93. The van der Waals surface area contributed by atoms with Crippen LogP contribution in [0.1, 0.15) is 5.56 Å². The summed E-state index contributed by atoms with van der Waals surface area (Å²) in [7, 11) is 0. The molecule has 4 heteroatoms. The Morgan fingerprint density at radius 3 is 2.60 bits per heavy atom. The van der Waals surface area contributed by atoms with E-state index in [0.717, 1.165) is 11.3 Å². The lowest BCUT2D eigenvalue weighted by Gasteiger charge is -2.06. The Balaban J connectivity index is 2.29. The van der Waals surface area contributed by atoms with Crippen LogP contribution in [0.25, 0.3) is 0 Å². The molecule has 2 aromatic rings. The van der Waals surface area contributed by atoms with Gasteiger partial charge in [-0.25, -0.2) is 9.97 Å². The summed E-state index contributed by atoms with van der Waals surface area (Å²) in [6.07, 6.45) is 1.38. The predicted octanol–water partition coefficient (Wildman–Crippen LogP) is 3.23. The van der Waals surface area contributed by atoms with E-state index in [1.807, 2.05) is 37.3 Å². The molecule has 0 bridgehead atoms. The summed E-state index contributed by atoms with van der Waals surface area (Å²) < 4.78 is 5.55. The number of hydrogen-bond acceptors (Lipinski definition) is 3. The van der Waals surface area contributed by atoms with Crippen molar-refractivity contribution >= 4 is 11.6 Å². The minimum Gasteiger partial charge on any atom is -0.439 e. The highest BCUT2D eigenvalue weighted by molar-refractivity contribution is 6.30. The average Bonchev–Trinajstić information content (AvgIpc) is 2.26. The fraction of sp³-hybridized carbons (Fsp3) is 0.0909. The zero-order chi connectivity index (χ0) is 10.7. The van der Waals surface area contributed by atoms with Gasteiger partial charge >= 0.3 is 0 Å². The van der Waals surface area contributed by atoms with Gasteiger partial charge in [-0.2, -0.15) is 0 Å². The molecule has 1 aromatic heterocycles. The number of benzene rings is 1. The van der Waals surface area contributed by atoms with E-state index >= 15 is 0 Å². The van der Waals surface area contributed by atoms with Crippen LogP contribution in [-0.4, -0.2) is 9.97 Å². The van der Waals surface area contributed by atoms with Crippen molar-refractivity contribution in [3.8, 4) is 11.6 Å². The number of hydrogen-bond donors (Lipinski definition) is 0. The molecule has 0 saturated heterocycles. The fourth-order valence-electron chi connectivity index (χ4n) is 1.12. The molecule has 0 amide bonds. The summed E-state index contributed by atoms with van der Waals surface area (Å²) in [4.78, 5) is 7.87. The Bertz CT molecular complexity index is 459. The van der Waals surface area contributed by atoms with Gasteiger partial charge in [0, 0.05) is 5.56 Å². The maximum Gasteiger partial charge on any atom is 0.226 e. The lowest BCUT2D eigenvalue weighted by atomic mass is 10.3. The molecule has 1 heterocycles. The quantitative estimate of drug-likeness (QED) is 0.729. The van der Waals surface area contributed by atoms with Gasteiger partial charge in [-0.05, 0) is 19.1 Å². The average molecular weight is 221 g/mol. The lowest BCUT2D eigenvalue weighted by Crippen LogP contribution is -1.93. The zero-order valence-corrected chi connectivity index (χ0v) is 8.90. The van der Waals surface area contributed by atoms with Crippen molar-refractivity contribution in [3.05, 3.63) is 47.4 Å². The summed E-state index contributed by atoms with van der Waals surface area (Å²) in [5.74, 6) is 1.22. The molecule has 0 N–H and O–H groups in total. The first-order chi connectivity index (χ1) is 7.27. The van der Waals surface area contributed by atoms with Crippen LogP contribution >= 0.6 is 11.6 Å². The van der Waals surface area contributed by atoms with Gasteiger partial charge in [0.2, 0.25) is 5.88 Å². The second-order valence-electron chi connectivity index (χ2n) is 3.01. The minimum atomic E-state index is 0.413. The molecule has 0 aliphatic rings. The van der Waals surface area contributed by atoms with E-state index in [4.69, 9.17) is 16.3 Å². The Morgan fingerprint density at radius 2 is 1.87 bits per heavy atom. The number of ether oxygens (including phenoxy) is 1. The zero-order valence-electron chi connectivity index (χ0n) is 8.14. The molecular weight excluding hydrogens is 212 g/mol. The fourth-order valence-corrected chi connectivity index (χ4v) is 1.24. The summed E-state index contributed by atoms with van der Waals surface area (Å²) in [6, 6.07) is 9.43. The summed E-state index contributed by atoms with van der Waals surface area (Å²) in [5, 5.41) is 0.413. The Hall–Kier alpha value is -1.61. The summed E-state index contributed by atoms with van der Waals surface area (Å²) in [5.41, 5.74) is 0.739. The molecule has 0 fully saturated rings. The van der Waals surface area contributed by atoms with Gasteiger partial charge in [-0.1, -0.05) is 29.8 Å². The first-order valence-electron chi connectivity index (χ1n) is 4.47. The van der Waals surface area contributed by atoms with E-state index in [0.29, 0.717) is 11.0 Å². The highest BCUT2D eigenvalue weighted by Gasteiger charge is 2.06. The van der Waals surface area contributed by atoms with Crippen molar-refractivity contribution in [1.82, 2.24) is 9.97 Å². The van der Waals surface area contributed by atoms with Crippen LogP contribution in [0.5, 0.6) is 11.6 Å². The van der Waals surface area contributed by atoms with Crippen molar-refractivity contribution in [2.45, 2.75) is 6.92 Å². The highest BCUT2D eigenvalue weighted by Crippen LogP contribution is 2.25. The molecule has 2 rings (SSSR count). The Morgan fingerprint density at radius 1 is 1.13 bits per heavy atom. The molecule has 0 radical (unpaired) electrons. The Labute approximate surface area is 92.7 Å². The van der Waals surface area contributed by atoms with Crippen LogP contribution in [0.15, 0.2) is 36.7 Å². The van der Waals surface area contributed by atoms with Gasteiger partial charge in [0.1, 0.15) is 17.2 Å². The highest BCUT2D eigenvalue weighted by atomic mass is 35.5. The van der Waals surface area contributed by atoms with E-state index in [-0.39, 0.29) is 0 Å². The van der Waals surface area contributed by atoms with Crippen LogP contribution in [-0.2, 0) is 0 Å². The second kappa shape index (κ2) is 4.28. The monoisotopic (exact) mass is 220 g/mol. The molecule has 0 spiro atoms. The van der Waals surface area contributed by atoms with E-state index < -0.39 is 0 Å². The normalized spacial score (nSPS) is 10.0. The van der Waals surface area contributed by atoms with E-state index in [2.05, 4.69) is 9.97 Å². The Kier molecular flexibility index (Phi) is 2.83.